The van der Waals surface area contributed by atoms with Gasteiger partial charge in [-0.2, -0.15) is 11.8 Å². The van der Waals surface area contributed by atoms with E-state index in [1.54, 1.807) is 0 Å². The molecule has 1 aliphatic carbocycles. The lowest BCUT2D eigenvalue weighted by Crippen LogP contribution is -2.15. The highest BCUT2D eigenvalue weighted by Gasteiger charge is 2.24. The third-order valence-corrected chi connectivity index (χ3v) is 3.25. The summed E-state index contributed by atoms with van der Waals surface area (Å²) in [4.78, 5) is 0. The summed E-state index contributed by atoms with van der Waals surface area (Å²) < 4.78 is 0. The fourth-order valence-electron chi connectivity index (χ4n) is 1.29. The molecule has 58 valence electrons. The Kier molecular flexibility index (Phi) is 3.29. The zero-order chi connectivity index (χ0) is 7.40. The predicted molar refractivity (Wildman–Crippen MR) is 46.3 cm³/mol. The highest BCUT2D eigenvalue weighted by molar-refractivity contribution is 8.00. The molecule has 1 rings (SSSR count). The van der Waals surface area contributed by atoms with Crippen molar-refractivity contribution in [3.05, 3.63) is 12.7 Å². The molecule has 0 aromatic carbocycles. The fourth-order valence-corrected chi connectivity index (χ4v) is 2.37. The number of aliphatic hydroxyl groups excluding tert-OH is 1. The molecule has 2 unspecified atom stereocenters. The molecule has 0 spiro atoms. The van der Waals surface area contributed by atoms with E-state index in [0.29, 0.717) is 5.25 Å². The third-order valence-electron chi connectivity index (χ3n) is 1.85. The zero-order valence-corrected chi connectivity index (χ0v) is 6.94. The van der Waals surface area contributed by atoms with Gasteiger partial charge in [0.2, 0.25) is 0 Å². The van der Waals surface area contributed by atoms with Gasteiger partial charge in [0, 0.05) is 11.0 Å². The van der Waals surface area contributed by atoms with Crippen molar-refractivity contribution in [1.82, 2.24) is 0 Å². The molecule has 1 fully saturated rings. The molecule has 1 saturated carbocycles. The Bertz CT molecular complexity index is 114. The van der Waals surface area contributed by atoms with Crippen LogP contribution in [-0.4, -0.2) is 22.2 Å². The van der Waals surface area contributed by atoms with Crippen LogP contribution in [0.1, 0.15) is 19.3 Å². The highest BCUT2D eigenvalue weighted by Crippen LogP contribution is 2.29. The molecule has 0 heterocycles. The Morgan fingerprint density at radius 2 is 2.40 bits per heavy atom. The molecule has 2 atom stereocenters. The van der Waals surface area contributed by atoms with Crippen LogP contribution in [0.3, 0.4) is 0 Å². The van der Waals surface area contributed by atoms with Crippen LogP contribution >= 0.6 is 11.8 Å². The fraction of sp³-hybridized carbons (Fsp3) is 0.750. The minimum Gasteiger partial charge on any atom is -0.392 e. The highest BCUT2D eigenvalue weighted by atomic mass is 32.2. The number of hydrogen-bond donors (Lipinski definition) is 1. The van der Waals surface area contributed by atoms with Crippen molar-refractivity contribution in [1.29, 1.82) is 0 Å². The predicted octanol–water partition coefficient (Wildman–Crippen LogP) is 1.82. The van der Waals surface area contributed by atoms with Crippen molar-refractivity contribution >= 4 is 11.8 Å². The van der Waals surface area contributed by atoms with Gasteiger partial charge in [-0.05, 0) is 19.3 Å². The molecule has 0 bridgehead atoms. The first-order chi connectivity index (χ1) is 4.84. The Labute approximate surface area is 66.5 Å². The first-order valence-electron chi connectivity index (χ1n) is 3.75. The van der Waals surface area contributed by atoms with Crippen LogP contribution < -0.4 is 0 Å². The van der Waals surface area contributed by atoms with E-state index >= 15 is 0 Å². The number of aliphatic hydroxyl groups is 1. The maximum absolute atomic E-state index is 9.36. The molecule has 1 nitrogen and oxygen atoms in total. The second-order valence-electron chi connectivity index (χ2n) is 2.66. The van der Waals surface area contributed by atoms with Gasteiger partial charge >= 0.3 is 0 Å². The molecule has 1 aliphatic rings. The summed E-state index contributed by atoms with van der Waals surface area (Å²) in [5.74, 6) is 0.974. The van der Waals surface area contributed by atoms with Crippen molar-refractivity contribution in [2.24, 2.45) is 0 Å². The van der Waals surface area contributed by atoms with E-state index in [-0.39, 0.29) is 6.10 Å². The lowest BCUT2D eigenvalue weighted by atomic mass is 10.3. The van der Waals surface area contributed by atoms with Gasteiger partial charge in [-0.3, -0.25) is 0 Å². The molecule has 0 amide bonds. The Morgan fingerprint density at radius 1 is 1.60 bits per heavy atom. The van der Waals surface area contributed by atoms with Gasteiger partial charge < -0.3 is 5.11 Å². The number of hydrogen-bond acceptors (Lipinski definition) is 2. The average Bonchev–Trinajstić information content (AvgIpc) is 2.31. The van der Waals surface area contributed by atoms with E-state index in [4.69, 9.17) is 0 Å². The average molecular weight is 158 g/mol. The van der Waals surface area contributed by atoms with Gasteiger partial charge in [0.25, 0.3) is 0 Å². The summed E-state index contributed by atoms with van der Waals surface area (Å²) >= 11 is 1.82. The largest absolute Gasteiger partial charge is 0.392 e. The van der Waals surface area contributed by atoms with E-state index in [9.17, 15) is 5.11 Å². The second-order valence-corrected chi connectivity index (χ2v) is 3.93. The molecule has 1 N–H and O–H groups in total. The minimum absolute atomic E-state index is 0.0510. The third kappa shape index (κ3) is 2.03. The summed E-state index contributed by atoms with van der Waals surface area (Å²) in [6.07, 6.45) is 5.21. The van der Waals surface area contributed by atoms with E-state index in [2.05, 4.69) is 6.58 Å². The monoisotopic (exact) mass is 158 g/mol. The normalized spacial score (nSPS) is 32.5. The Hall–Kier alpha value is 0.0500. The van der Waals surface area contributed by atoms with Gasteiger partial charge in [-0.1, -0.05) is 6.08 Å². The van der Waals surface area contributed by atoms with Gasteiger partial charge in [0.15, 0.2) is 0 Å². The van der Waals surface area contributed by atoms with Crippen LogP contribution in [0, 0.1) is 0 Å². The molecule has 10 heavy (non-hydrogen) atoms. The van der Waals surface area contributed by atoms with Gasteiger partial charge in [0.05, 0.1) is 6.10 Å². The smallest absolute Gasteiger partial charge is 0.0658 e. The van der Waals surface area contributed by atoms with Gasteiger partial charge in [-0.25, -0.2) is 0 Å². The van der Waals surface area contributed by atoms with E-state index in [1.165, 1.54) is 12.8 Å². The van der Waals surface area contributed by atoms with Crippen molar-refractivity contribution in [2.75, 3.05) is 5.75 Å². The molecule has 0 aromatic rings. The van der Waals surface area contributed by atoms with Crippen LogP contribution in [0.5, 0.6) is 0 Å². The van der Waals surface area contributed by atoms with E-state index in [0.717, 1.165) is 12.2 Å². The SMILES string of the molecule is C=CCSC1CCCC1O. The Balaban J connectivity index is 2.19. The maximum atomic E-state index is 9.36. The van der Waals surface area contributed by atoms with Crippen molar-refractivity contribution < 1.29 is 5.11 Å². The molecule has 0 radical (unpaired) electrons. The minimum atomic E-state index is -0.0510. The van der Waals surface area contributed by atoms with E-state index < -0.39 is 0 Å². The van der Waals surface area contributed by atoms with Crippen LogP contribution in [0.15, 0.2) is 12.7 Å². The summed E-state index contributed by atoms with van der Waals surface area (Å²) in [7, 11) is 0. The maximum Gasteiger partial charge on any atom is 0.0658 e. The summed E-state index contributed by atoms with van der Waals surface area (Å²) in [5, 5.41) is 9.84. The molecular weight excluding hydrogens is 144 g/mol. The lowest BCUT2D eigenvalue weighted by Gasteiger charge is -2.11. The topological polar surface area (TPSA) is 20.2 Å². The molecule has 0 saturated heterocycles. The van der Waals surface area contributed by atoms with Crippen LogP contribution in [-0.2, 0) is 0 Å². The number of thioether (sulfide) groups is 1. The van der Waals surface area contributed by atoms with Crippen LogP contribution in [0.25, 0.3) is 0 Å². The van der Waals surface area contributed by atoms with E-state index in [1.807, 2.05) is 17.8 Å². The van der Waals surface area contributed by atoms with Gasteiger partial charge in [0.1, 0.15) is 0 Å². The van der Waals surface area contributed by atoms with Gasteiger partial charge in [-0.15, -0.1) is 6.58 Å². The molecule has 0 aliphatic heterocycles. The van der Waals surface area contributed by atoms with Crippen molar-refractivity contribution in [2.45, 2.75) is 30.6 Å². The second kappa shape index (κ2) is 4.04. The summed E-state index contributed by atoms with van der Waals surface area (Å²) in [6.45, 7) is 3.64. The standard InChI is InChI=1S/C8H14OS/c1-2-6-10-8-5-3-4-7(8)9/h2,7-9H,1,3-6H2. The first-order valence-corrected chi connectivity index (χ1v) is 4.80. The summed E-state index contributed by atoms with van der Waals surface area (Å²) in [6, 6.07) is 0. The molecular formula is C8H14OS. The Morgan fingerprint density at radius 3 is 2.90 bits per heavy atom. The molecule has 2 heteroatoms. The summed E-state index contributed by atoms with van der Waals surface area (Å²) in [5.41, 5.74) is 0. The lowest BCUT2D eigenvalue weighted by molar-refractivity contribution is 0.188. The first kappa shape index (κ1) is 8.15. The van der Waals surface area contributed by atoms with Crippen LogP contribution in [0.4, 0.5) is 0 Å². The van der Waals surface area contributed by atoms with Crippen molar-refractivity contribution in [3.63, 3.8) is 0 Å². The molecule has 0 aromatic heterocycles. The zero-order valence-electron chi connectivity index (χ0n) is 6.12. The number of rotatable bonds is 3. The van der Waals surface area contributed by atoms with Crippen LogP contribution in [0.2, 0.25) is 0 Å². The quantitative estimate of drug-likeness (QED) is 0.632. The van der Waals surface area contributed by atoms with Crippen molar-refractivity contribution in [3.8, 4) is 0 Å².